The summed E-state index contributed by atoms with van der Waals surface area (Å²) < 4.78 is 4.92. The van der Waals surface area contributed by atoms with E-state index in [1.54, 1.807) is 0 Å². The van der Waals surface area contributed by atoms with Gasteiger partial charge in [0.1, 0.15) is 6.61 Å². The van der Waals surface area contributed by atoms with Gasteiger partial charge in [-0.1, -0.05) is 12.8 Å². The van der Waals surface area contributed by atoms with Crippen LogP contribution in [0.4, 0.5) is 0 Å². The molecule has 0 aliphatic carbocycles. The summed E-state index contributed by atoms with van der Waals surface area (Å²) in [6.07, 6.45) is 4.87. The molecule has 0 aromatic rings. The smallest absolute Gasteiger partial charge is 0.334 e. The zero-order valence-corrected chi connectivity index (χ0v) is 9.58. The number of aliphatic hydroxyl groups excluding tert-OH is 1. The van der Waals surface area contributed by atoms with E-state index in [-0.39, 0.29) is 12.1 Å². The summed E-state index contributed by atoms with van der Waals surface area (Å²) in [6, 6.07) is 0. The Labute approximate surface area is 91.1 Å². The van der Waals surface area contributed by atoms with Gasteiger partial charge >= 0.3 is 5.97 Å². The highest BCUT2D eigenvalue weighted by Crippen LogP contribution is 2.21. The number of hydrogen-bond donors (Lipinski definition) is 1. The van der Waals surface area contributed by atoms with Crippen LogP contribution in [-0.2, 0) is 9.53 Å². The number of rotatable bonds is 6. The Morgan fingerprint density at radius 2 is 2.13 bits per heavy atom. The van der Waals surface area contributed by atoms with Crippen LogP contribution in [0.3, 0.4) is 0 Å². The van der Waals surface area contributed by atoms with Gasteiger partial charge in [-0.2, -0.15) is 0 Å². The fourth-order valence-corrected chi connectivity index (χ4v) is 1.73. The lowest BCUT2D eigenvalue weighted by molar-refractivity contribution is -0.135. The molecule has 1 aliphatic rings. The highest BCUT2D eigenvalue weighted by Gasteiger charge is 2.19. The van der Waals surface area contributed by atoms with Crippen LogP contribution in [0.25, 0.3) is 0 Å². The average Bonchev–Trinajstić information content (AvgIpc) is 2.48. The second kappa shape index (κ2) is 5.91. The Balaban J connectivity index is 2.13. The van der Waals surface area contributed by atoms with Gasteiger partial charge in [0.2, 0.25) is 0 Å². The first-order valence-corrected chi connectivity index (χ1v) is 5.65. The second-order valence-electron chi connectivity index (χ2n) is 4.25. The number of aliphatic hydroxyl groups is 1. The normalized spacial score (nSPS) is 18.2. The highest BCUT2D eigenvalue weighted by molar-refractivity contribution is 5.90. The number of carbonyl (C=O) groups is 1. The number of unbranched alkanes of at least 4 members (excludes halogenated alkanes) is 2. The fraction of sp³-hybridized carbons (Fsp3) is 0.750. The Morgan fingerprint density at radius 3 is 2.67 bits per heavy atom. The van der Waals surface area contributed by atoms with Crippen LogP contribution in [0.15, 0.2) is 11.1 Å². The first-order chi connectivity index (χ1) is 7.11. The zero-order chi connectivity index (χ0) is 11.3. The van der Waals surface area contributed by atoms with Gasteiger partial charge in [-0.3, -0.25) is 0 Å². The second-order valence-corrected chi connectivity index (χ2v) is 4.25. The van der Waals surface area contributed by atoms with Crippen molar-refractivity contribution >= 4 is 5.97 Å². The van der Waals surface area contributed by atoms with Gasteiger partial charge in [0.25, 0.3) is 0 Å². The lowest BCUT2D eigenvalue weighted by Crippen LogP contribution is -1.98. The van der Waals surface area contributed by atoms with Crippen LogP contribution in [-0.4, -0.2) is 23.8 Å². The Morgan fingerprint density at radius 1 is 1.40 bits per heavy atom. The van der Waals surface area contributed by atoms with Gasteiger partial charge in [0.15, 0.2) is 0 Å². The standard InChI is InChI=1S/C12H20O3/c1-9(13)6-4-3-5-7-11-8-15-12(14)10(11)2/h9,13H,3-8H2,1-2H3/t9-/m0/s1. The minimum absolute atomic E-state index is 0.158. The van der Waals surface area contributed by atoms with Crippen molar-refractivity contribution < 1.29 is 14.6 Å². The van der Waals surface area contributed by atoms with Gasteiger partial charge in [-0.25, -0.2) is 4.79 Å². The molecule has 3 nitrogen and oxygen atoms in total. The van der Waals surface area contributed by atoms with E-state index in [0.29, 0.717) is 6.61 Å². The monoisotopic (exact) mass is 212 g/mol. The minimum Gasteiger partial charge on any atom is -0.458 e. The maximum absolute atomic E-state index is 11.0. The SMILES string of the molecule is CC1=C(CCCCC[C@H](C)O)COC1=O. The number of esters is 1. The molecule has 0 radical (unpaired) electrons. The van der Waals surface area contributed by atoms with Crippen molar-refractivity contribution in [2.24, 2.45) is 0 Å². The maximum atomic E-state index is 11.0. The summed E-state index contributed by atoms with van der Waals surface area (Å²) in [5.41, 5.74) is 1.95. The third-order valence-corrected chi connectivity index (χ3v) is 2.81. The lowest BCUT2D eigenvalue weighted by Gasteiger charge is -2.04. The first kappa shape index (κ1) is 12.2. The Kier molecular flexibility index (Phi) is 4.82. The summed E-state index contributed by atoms with van der Waals surface area (Å²) in [6.45, 7) is 4.14. The third-order valence-electron chi connectivity index (χ3n) is 2.81. The molecule has 0 bridgehead atoms. The van der Waals surface area contributed by atoms with E-state index in [1.807, 2.05) is 13.8 Å². The van der Waals surface area contributed by atoms with E-state index >= 15 is 0 Å². The number of hydrogen-bond acceptors (Lipinski definition) is 3. The first-order valence-electron chi connectivity index (χ1n) is 5.65. The molecule has 0 saturated carbocycles. The summed E-state index contributed by atoms with van der Waals surface area (Å²) in [4.78, 5) is 11.0. The quantitative estimate of drug-likeness (QED) is 0.542. The lowest BCUT2D eigenvalue weighted by atomic mass is 10.0. The molecule has 0 aromatic heterocycles. The molecule has 1 rings (SSSR count). The minimum atomic E-state index is -0.192. The zero-order valence-electron chi connectivity index (χ0n) is 9.58. The molecule has 0 spiro atoms. The number of carbonyl (C=O) groups excluding carboxylic acids is 1. The van der Waals surface area contributed by atoms with Gasteiger partial charge in [0.05, 0.1) is 6.10 Å². The molecule has 0 fully saturated rings. The van der Waals surface area contributed by atoms with Crippen LogP contribution in [0.5, 0.6) is 0 Å². The van der Waals surface area contributed by atoms with Crippen molar-refractivity contribution in [3.63, 3.8) is 0 Å². The molecular weight excluding hydrogens is 192 g/mol. The van der Waals surface area contributed by atoms with E-state index in [4.69, 9.17) is 9.84 Å². The fourth-order valence-electron chi connectivity index (χ4n) is 1.73. The summed E-state index contributed by atoms with van der Waals surface area (Å²) >= 11 is 0. The maximum Gasteiger partial charge on any atom is 0.334 e. The molecule has 0 saturated heterocycles. The Bertz CT molecular complexity index is 254. The van der Waals surface area contributed by atoms with E-state index in [2.05, 4.69) is 0 Å². The summed E-state index contributed by atoms with van der Waals surface area (Å²) in [7, 11) is 0. The molecule has 15 heavy (non-hydrogen) atoms. The molecule has 1 heterocycles. The van der Waals surface area contributed by atoms with Gasteiger partial charge in [0, 0.05) is 5.57 Å². The van der Waals surface area contributed by atoms with Crippen molar-refractivity contribution in [3.8, 4) is 0 Å². The molecule has 3 heteroatoms. The van der Waals surface area contributed by atoms with E-state index in [0.717, 1.165) is 43.3 Å². The van der Waals surface area contributed by atoms with Crippen molar-refractivity contribution in [1.82, 2.24) is 0 Å². The van der Waals surface area contributed by atoms with Crippen molar-refractivity contribution in [2.45, 2.75) is 52.1 Å². The van der Waals surface area contributed by atoms with Crippen molar-refractivity contribution in [2.75, 3.05) is 6.61 Å². The molecule has 0 amide bonds. The predicted molar refractivity (Wildman–Crippen MR) is 58.4 cm³/mol. The number of ether oxygens (including phenoxy) is 1. The van der Waals surface area contributed by atoms with Crippen molar-refractivity contribution in [3.05, 3.63) is 11.1 Å². The van der Waals surface area contributed by atoms with Crippen LogP contribution in [0.2, 0.25) is 0 Å². The highest BCUT2D eigenvalue weighted by atomic mass is 16.5. The molecule has 1 aliphatic heterocycles. The third kappa shape index (κ3) is 4.04. The summed E-state index contributed by atoms with van der Waals surface area (Å²) in [5.74, 6) is -0.158. The average molecular weight is 212 g/mol. The topological polar surface area (TPSA) is 46.5 Å². The largest absolute Gasteiger partial charge is 0.458 e. The van der Waals surface area contributed by atoms with E-state index < -0.39 is 0 Å². The van der Waals surface area contributed by atoms with Gasteiger partial charge in [-0.15, -0.1) is 0 Å². The number of cyclic esters (lactones) is 1. The van der Waals surface area contributed by atoms with E-state index in [1.165, 1.54) is 0 Å². The van der Waals surface area contributed by atoms with Crippen LogP contribution < -0.4 is 0 Å². The summed E-state index contributed by atoms with van der Waals surface area (Å²) in [5, 5.41) is 9.07. The van der Waals surface area contributed by atoms with Gasteiger partial charge in [-0.05, 0) is 38.7 Å². The Hall–Kier alpha value is -0.830. The molecule has 0 aromatic carbocycles. The van der Waals surface area contributed by atoms with Crippen molar-refractivity contribution in [1.29, 1.82) is 0 Å². The molecule has 1 atom stereocenters. The van der Waals surface area contributed by atoms with E-state index in [9.17, 15) is 4.79 Å². The molecule has 1 N–H and O–H groups in total. The molecule has 86 valence electrons. The molecular formula is C12H20O3. The van der Waals surface area contributed by atoms with Crippen LogP contribution in [0.1, 0.15) is 46.0 Å². The molecule has 0 unspecified atom stereocenters. The predicted octanol–water partition coefficient (Wildman–Crippen LogP) is 2.19. The van der Waals surface area contributed by atoms with Crippen LogP contribution >= 0.6 is 0 Å². The van der Waals surface area contributed by atoms with Gasteiger partial charge < -0.3 is 9.84 Å². The van der Waals surface area contributed by atoms with Crippen LogP contribution in [0, 0.1) is 0 Å².